The Morgan fingerprint density at radius 3 is 2.31 bits per heavy atom. The Labute approximate surface area is 176 Å². The maximum atomic E-state index is 13.2. The van der Waals surface area contributed by atoms with Crippen molar-refractivity contribution in [1.82, 2.24) is 9.29 Å². The average molecular weight is 426 g/mol. The number of pyridine rings is 1. The third-order valence-corrected chi connectivity index (χ3v) is 6.58. The van der Waals surface area contributed by atoms with Crippen molar-refractivity contribution in [2.75, 3.05) is 6.54 Å². The van der Waals surface area contributed by atoms with Crippen LogP contribution in [-0.2, 0) is 23.0 Å². The van der Waals surface area contributed by atoms with Crippen molar-refractivity contribution >= 4 is 21.6 Å². The van der Waals surface area contributed by atoms with Gasteiger partial charge in [-0.15, -0.1) is 0 Å². The molecular weight excluding hydrogens is 406 g/mol. The first-order valence-corrected chi connectivity index (χ1v) is 11.0. The first kappa shape index (κ1) is 21.0. The summed E-state index contributed by atoms with van der Waals surface area (Å²) in [5, 5.41) is 9.39. The third kappa shape index (κ3) is 5.64. The Morgan fingerprint density at radius 2 is 1.69 bits per heavy atom. The summed E-state index contributed by atoms with van der Waals surface area (Å²) in [5.74, 6) is 0. The van der Waals surface area contributed by atoms with Crippen LogP contribution in [0.3, 0.4) is 0 Å². The largest absolute Gasteiger partial charge is 0.245 e. The predicted molar refractivity (Wildman–Crippen MR) is 113 cm³/mol. The lowest BCUT2D eigenvalue weighted by Crippen LogP contribution is -2.32. The lowest BCUT2D eigenvalue weighted by molar-refractivity contribution is 0.399. The van der Waals surface area contributed by atoms with Gasteiger partial charge in [0.15, 0.2) is 0 Å². The first-order chi connectivity index (χ1) is 14.0. The van der Waals surface area contributed by atoms with E-state index >= 15 is 0 Å². The van der Waals surface area contributed by atoms with Gasteiger partial charge in [-0.05, 0) is 54.3 Å². The molecular formula is C22H20ClN3O2S. The maximum Gasteiger partial charge on any atom is 0.243 e. The number of hydrogen-bond donors (Lipinski definition) is 0. The van der Waals surface area contributed by atoms with Crippen molar-refractivity contribution < 1.29 is 8.42 Å². The topological polar surface area (TPSA) is 74.1 Å². The zero-order valence-corrected chi connectivity index (χ0v) is 17.3. The molecule has 0 saturated heterocycles. The number of hydrogen-bond acceptors (Lipinski definition) is 4. The van der Waals surface area contributed by atoms with Crippen LogP contribution in [0.2, 0.25) is 5.02 Å². The van der Waals surface area contributed by atoms with Crippen LogP contribution in [-0.4, -0.2) is 24.3 Å². The van der Waals surface area contributed by atoms with Gasteiger partial charge in [-0.3, -0.25) is 0 Å². The van der Waals surface area contributed by atoms with Crippen LogP contribution < -0.4 is 0 Å². The van der Waals surface area contributed by atoms with Crippen LogP contribution in [0.5, 0.6) is 0 Å². The zero-order valence-electron chi connectivity index (χ0n) is 15.7. The smallest absolute Gasteiger partial charge is 0.243 e. The Morgan fingerprint density at radius 1 is 0.966 bits per heavy atom. The molecule has 0 saturated carbocycles. The highest BCUT2D eigenvalue weighted by Gasteiger charge is 2.24. The van der Waals surface area contributed by atoms with Crippen molar-refractivity contribution in [2.45, 2.75) is 24.3 Å². The minimum absolute atomic E-state index is 0.179. The van der Waals surface area contributed by atoms with E-state index in [1.165, 1.54) is 16.4 Å². The first-order valence-electron chi connectivity index (χ1n) is 9.14. The summed E-state index contributed by atoms with van der Waals surface area (Å²) < 4.78 is 27.9. The van der Waals surface area contributed by atoms with Crippen LogP contribution >= 0.6 is 11.6 Å². The van der Waals surface area contributed by atoms with E-state index in [-0.39, 0.29) is 11.4 Å². The van der Waals surface area contributed by atoms with Crippen molar-refractivity contribution in [2.24, 2.45) is 0 Å². The molecule has 0 aliphatic heterocycles. The van der Waals surface area contributed by atoms with Crippen molar-refractivity contribution in [3.63, 3.8) is 0 Å². The number of nitriles is 1. The number of benzene rings is 2. The summed E-state index contributed by atoms with van der Waals surface area (Å²) >= 11 is 5.91. The van der Waals surface area contributed by atoms with Gasteiger partial charge in [-0.2, -0.15) is 9.57 Å². The molecule has 1 aromatic heterocycles. The molecule has 0 aliphatic carbocycles. The number of aryl methyl sites for hydroxylation is 1. The summed E-state index contributed by atoms with van der Waals surface area (Å²) in [6, 6.07) is 21.4. The summed E-state index contributed by atoms with van der Waals surface area (Å²) in [4.78, 5) is 4.24. The second-order valence-corrected chi connectivity index (χ2v) is 8.92. The highest BCUT2D eigenvalue weighted by atomic mass is 35.5. The standard InChI is InChI=1S/C22H20ClN3O2S/c23-20-9-12-22(13-10-20)29(27,28)26(14-4-7-18-5-2-1-3-6-18)17-19-8-11-21(15-24)25-16-19/h1-3,5-6,8-13,16H,4,7,14,17H2. The second kappa shape index (κ2) is 9.66. The fourth-order valence-electron chi connectivity index (χ4n) is 2.93. The van der Waals surface area contributed by atoms with E-state index in [4.69, 9.17) is 16.9 Å². The molecule has 0 fully saturated rings. The molecule has 1 heterocycles. The maximum absolute atomic E-state index is 13.2. The van der Waals surface area contributed by atoms with Crippen molar-refractivity contribution in [1.29, 1.82) is 5.26 Å². The van der Waals surface area contributed by atoms with Gasteiger partial charge in [0, 0.05) is 24.3 Å². The van der Waals surface area contributed by atoms with Gasteiger partial charge in [0.05, 0.1) is 4.90 Å². The summed E-state index contributed by atoms with van der Waals surface area (Å²) in [7, 11) is -3.70. The number of nitrogens with zero attached hydrogens (tertiary/aromatic N) is 3. The molecule has 0 radical (unpaired) electrons. The van der Waals surface area contributed by atoms with Crippen LogP contribution in [0, 0.1) is 11.3 Å². The van der Waals surface area contributed by atoms with Crippen LogP contribution in [0.1, 0.15) is 23.2 Å². The molecule has 0 bridgehead atoms. The van der Waals surface area contributed by atoms with E-state index in [1.807, 2.05) is 36.4 Å². The quantitative estimate of drug-likeness (QED) is 0.535. The number of sulfonamides is 1. The number of rotatable bonds is 8. The molecule has 0 N–H and O–H groups in total. The molecule has 0 atom stereocenters. The van der Waals surface area contributed by atoms with E-state index in [1.54, 1.807) is 30.5 Å². The Bertz CT molecular complexity index is 1080. The fraction of sp³-hybridized carbons (Fsp3) is 0.182. The van der Waals surface area contributed by atoms with Gasteiger partial charge in [0.2, 0.25) is 10.0 Å². The molecule has 0 amide bonds. The highest BCUT2D eigenvalue weighted by Crippen LogP contribution is 2.21. The van der Waals surface area contributed by atoms with Gasteiger partial charge in [-0.25, -0.2) is 13.4 Å². The van der Waals surface area contributed by atoms with Crippen molar-refractivity contribution in [3.8, 4) is 6.07 Å². The monoisotopic (exact) mass is 425 g/mol. The minimum Gasteiger partial charge on any atom is -0.245 e. The van der Waals surface area contributed by atoms with Gasteiger partial charge >= 0.3 is 0 Å². The molecule has 3 rings (SSSR count). The van der Waals surface area contributed by atoms with Crippen LogP contribution in [0.4, 0.5) is 0 Å². The predicted octanol–water partition coefficient (Wildman–Crippen LogP) is 4.43. The van der Waals surface area contributed by atoms with E-state index in [2.05, 4.69) is 4.98 Å². The SMILES string of the molecule is N#Cc1ccc(CN(CCCc2ccccc2)S(=O)(=O)c2ccc(Cl)cc2)cn1. The Kier molecular flexibility index (Phi) is 6.99. The Hall–Kier alpha value is -2.72. The lowest BCUT2D eigenvalue weighted by Gasteiger charge is -2.22. The van der Waals surface area contributed by atoms with Gasteiger partial charge in [-0.1, -0.05) is 48.0 Å². The third-order valence-electron chi connectivity index (χ3n) is 4.47. The summed E-state index contributed by atoms with van der Waals surface area (Å²) in [6.45, 7) is 0.540. The zero-order chi connectivity index (χ0) is 20.7. The molecule has 148 valence electrons. The molecule has 7 heteroatoms. The van der Waals surface area contributed by atoms with E-state index in [9.17, 15) is 8.42 Å². The second-order valence-electron chi connectivity index (χ2n) is 6.55. The fourth-order valence-corrected chi connectivity index (χ4v) is 4.52. The normalized spacial score (nSPS) is 11.3. The molecule has 0 unspecified atom stereocenters. The lowest BCUT2D eigenvalue weighted by atomic mass is 10.1. The average Bonchev–Trinajstić information content (AvgIpc) is 2.74. The van der Waals surface area contributed by atoms with E-state index < -0.39 is 10.0 Å². The van der Waals surface area contributed by atoms with Crippen LogP contribution in [0.25, 0.3) is 0 Å². The number of aromatic nitrogens is 1. The van der Waals surface area contributed by atoms with E-state index in [0.29, 0.717) is 23.7 Å². The summed E-state index contributed by atoms with van der Waals surface area (Å²) in [6.07, 6.45) is 3.00. The molecule has 3 aromatic rings. The molecule has 5 nitrogen and oxygen atoms in total. The van der Waals surface area contributed by atoms with Gasteiger partial charge in [0.1, 0.15) is 11.8 Å². The van der Waals surface area contributed by atoms with Crippen LogP contribution in [0.15, 0.2) is 77.8 Å². The molecule has 29 heavy (non-hydrogen) atoms. The van der Waals surface area contributed by atoms with Gasteiger partial charge in [0.25, 0.3) is 0 Å². The molecule has 0 aliphatic rings. The number of halogens is 1. The summed E-state index contributed by atoms with van der Waals surface area (Å²) in [5.41, 5.74) is 2.18. The van der Waals surface area contributed by atoms with Gasteiger partial charge < -0.3 is 0 Å². The Balaban J connectivity index is 1.81. The minimum atomic E-state index is -3.70. The highest BCUT2D eigenvalue weighted by molar-refractivity contribution is 7.89. The molecule has 2 aromatic carbocycles. The van der Waals surface area contributed by atoms with Crippen molar-refractivity contribution in [3.05, 3.63) is 94.8 Å². The molecule has 0 spiro atoms. The van der Waals surface area contributed by atoms with E-state index in [0.717, 1.165) is 17.5 Å².